The molecule has 0 aromatic carbocycles. The van der Waals surface area contributed by atoms with Gasteiger partial charge in [0.2, 0.25) is 0 Å². The molecule has 3 N–H and O–H groups in total. The molecule has 1 saturated carbocycles. The Morgan fingerprint density at radius 3 is 2.90 bits per heavy atom. The van der Waals surface area contributed by atoms with E-state index in [1.807, 2.05) is 0 Å². The Labute approximate surface area is 121 Å². The molecule has 20 heavy (non-hydrogen) atoms. The van der Waals surface area contributed by atoms with E-state index in [9.17, 15) is 0 Å². The van der Waals surface area contributed by atoms with E-state index in [0.717, 1.165) is 64.9 Å². The first-order valence-corrected chi connectivity index (χ1v) is 7.76. The Balaban J connectivity index is 1.41. The highest BCUT2D eigenvalue weighted by atomic mass is 16.5. The molecule has 6 heteroatoms. The van der Waals surface area contributed by atoms with Gasteiger partial charge < -0.3 is 20.5 Å². The second-order valence-electron chi connectivity index (χ2n) is 5.52. The monoisotopic (exact) mass is 284 g/mol. The average molecular weight is 284 g/mol. The van der Waals surface area contributed by atoms with Crippen LogP contribution in [0.15, 0.2) is 4.99 Å². The fourth-order valence-electron chi connectivity index (χ4n) is 2.16. The first-order chi connectivity index (χ1) is 9.84. The number of nitrogens with one attached hydrogen (secondary N) is 1. The van der Waals surface area contributed by atoms with Gasteiger partial charge in [-0.3, -0.25) is 9.89 Å². The van der Waals surface area contributed by atoms with Crippen molar-refractivity contribution in [3.8, 4) is 0 Å². The Morgan fingerprint density at radius 2 is 2.15 bits per heavy atom. The van der Waals surface area contributed by atoms with Gasteiger partial charge in [-0.25, -0.2) is 0 Å². The van der Waals surface area contributed by atoms with Gasteiger partial charge in [0.1, 0.15) is 0 Å². The van der Waals surface area contributed by atoms with Crippen molar-refractivity contribution >= 4 is 5.96 Å². The highest BCUT2D eigenvalue weighted by Gasteiger charge is 2.20. The number of ether oxygens (including phenoxy) is 2. The molecule has 0 spiro atoms. The van der Waals surface area contributed by atoms with Crippen LogP contribution in [-0.2, 0) is 9.47 Å². The van der Waals surface area contributed by atoms with E-state index >= 15 is 0 Å². The fraction of sp³-hybridized carbons (Fsp3) is 0.929. The molecule has 0 bridgehead atoms. The highest BCUT2D eigenvalue weighted by molar-refractivity contribution is 5.77. The van der Waals surface area contributed by atoms with Gasteiger partial charge in [0.25, 0.3) is 0 Å². The van der Waals surface area contributed by atoms with Gasteiger partial charge in [-0.05, 0) is 25.2 Å². The number of hydrogen-bond donors (Lipinski definition) is 2. The summed E-state index contributed by atoms with van der Waals surface area (Å²) in [4.78, 5) is 6.73. The van der Waals surface area contributed by atoms with Crippen molar-refractivity contribution in [2.75, 3.05) is 59.2 Å². The third-order valence-electron chi connectivity index (χ3n) is 3.62. The largest absolute Gasteiger partial charge is 0.379 e. The summed E-state index contributed by atoms with van der Waals surface area (Å²) in [5.41, 5.74) is 5.80. The predicted molar refractivity (Wildman–Crippen MR) is 79.9 cm³/mol. The van der Waals surface area contributed by atoms with E-state index in [1.54, 1.807) is 0 Å². The quantitative estimate of drug-likeness (QED) is 0.355. The van der Waals surface area contributed by atoms with Gasteiger partial charge in [0, 0.05) is 39.3 Å². The third kappa shape index (κ3) is 7.07. The van der Waals surface area contributed by atoms with Crippen molar-refractivity contribution in [1.29, 1.82) is 0 Å². The molecule has 116 valence electrons. The lowest BCUT2D eigenvalue weighted by molar-refractivity contribution is 0.0377. The zero-order chi connectivity index (χ0) is 14.0. The number of morpholine rings is 1. The number of guanidine groups is 1. The van der Waals surface area contributed by atoms with E-state index in [0.29, 0.717) is 12.6 Å². The standard InChI is InChI=1S/C14H28N4O2/c15-14(17-5-9-20-12-13-2-3-13)16-4-1-6-18-7-10-19-11-8-18/h13H,1-12H2,(H3,15,16,17). The van der Waals surface area contributed by atoms with Crippen LogP contribution in [0.5, 0.6) is 0 Å². The molecule has 0 atom stereocenters. The molecule has 2 fully saturated rings. The summed E-state index contributed by atoms with van der Waals surface area (Å²) in [6, 6.07) is 0. The summed E-state index contributed by atoms with van der Waals surface area (Å²) in [5.74, 6) is 1.35. The molecule has 0 amide bonds. The lowest BCUT2D eigenvalue weighted by Gasteiger charge is -2.26. The van der Waals surface area contributed by atoms with Gasteiger partial charge >= 0.3 is 0 Å². The third-order valence-corrected chi connectivity index (χ3v) is 3.62. The second kappa shape index (κ2) is 9.15. The van der Waals surface area contributed by atoms with Crippen molar-refractivity contribution < 1.29 is 9.47 Å². The summed E-state index contributed by atoms with van der Waals surface area (Å²) in [7, 11) is 0. The smallest absolute Gasteiger partial charge is 0.188 e. The highest BCUT2D eigenvalue weighted by Crippen LogP contribution is 2.28. The SMILES string of the molecule is NC(=NCCCN1CCOCC1)NCCOCC1CC1. The summed E-state index contributed by atoms with van der Waals surface area (Å²) in [6.07, 6.45) is 3.71. The van der Waals surface area contributed by atoms with Crippen molar-refractivity contribution in [3.05, 3.63) is 0 Å². The molecule has 1 aliphatic heterocycles. The Bertz CT molecular complexity index is 289. The van der Waals surface area contributed by atoms with Crippen LogP contribution in [-0.4, -0.2) is 70.0 Å². The average Bonchev–Trinajstić information content (AvgIpc) is 3.29. The van der Waals surface area contributed by atoms with Gasteiger partial charge in [-0.15, -0.1) is 0 Å². The summed E-state index contributed by atoms with van der Waals surface area (Å²) in [5, 5.41) is 3.08. The van der Waals surface area contributed by atoms with E-state index in [4.69, 9.17) is 15.2 Å². The van der Waals surface area contributed by atoms with Crippen molar-refractivity contribution in [2.24, 2.45) is 16.6 Å². The molecule has 0 aromatic rings. The predicted octanol–water partition coefficient (Wildman–Crippen LogP) is 0.0396. The minimum Gasteiger partial charge on any atom is -0.379 e. The zero-order valence-electron chi connectivity index (χ0n) is 12.4. The molecular formula is C14H28N4O2. The number of nitrogens with two attached hydrogens (primary N) is 1. The van der Waals surface area contributed by atoms with Gasteiger partial charge in [0.05, 0.1) is 19.8 Å². The number of rotatable bonds is 9. The van der Waals surface area contributed by atoms with E-state index < -0.39 is 0 Å². The zero-order valence-corrected chi connectivity index (χ0v) is 12.4. The minimum absolute atomic E-state index is 0.530. The van der Waals surface area contributed by atoms with Crippen LogP contribution in [0.25, 0.3) is 0 Å². The van der Waals surface area contributed by atoms with Crippen LogP contribution in [0.1, 0.15) is 19.3 Å². The summed E-state index contributed by atoms with van der Waals surface area (Å²) < 4.78 is 10.8. The molecule has 0 radical (unpaired) electrons. The minimum atomic E-state index is 0.530. The molecular weight excluding hydrogens is 256 g/mol. The van der Waals surface area contributed by atoms with Crippen LogP contribution in [0.2, 0.25) is 0 Å². The molecule has 0 unspecified atom stereocenters. The number of nitrogens with zero attached hydrogens (tertiary/aromatic N) is 2. The van der Waals surface area contributed by atoms with Gasteiger partial charge in [-0.2, -0.15) is 0 Å². The first-order valence-electron chi connectivity index (χ1n) is 7.76. The number of hydrogen-bond acceptors (Lipinski definition) is 4. The topological polar surface area (TPSA) is 72.1 Å². The molecule has 1 saturated heterocycles. The van der Waals surface area contributed by atoms with E-state index in [2.05, 4.69) is 15.2 Å². The molecule has 0 aromatic heterocycles. The van der Waals surface area contributed by atoms with Crippen LogP contribution in [0.3, 0.4) is 0 Å². The second-order valence-corrected chi connectivity index (χ2v) is 5.52. The first kappa shape index (κ1) is 15.5. The van der Waals surface area contributed by atoms with Gasteiger partial charge in [-0.1, -0.05) is 0 Å². The molecule has 1 aliphatic carbocycles. The maximum Gasteiger partial charge on any atom is 0.188 e. The maximum absolute atomic E-state index is 5.80. The van der Waals surface area contributed by atoms with Crippen LogP contribution < -0.4 is 11.1 Å². The van der Waals surface area contributed by atoms with E-state index in [1.165, 1.54) is 12.8 Å². The van der Waals surface area contributed by atoms with Gasteiger partial charge in [0.15, 0.2) is 5.96 Å². The maximum atomic E-state index is 5.80. The van der Waals surface area contributed by atoms with Crippen molar-refractivity contribution in [2.45, 2.75) is 19.3 Å². The summed E-state index contributed by atoms with van der Waals surface area (Å²) in [6.45, 7) is 7.99. The van der Waals surface area contributed by atoms with Crippen LogP contribution in [0, 0.1) is 5.92 Å². The molecule has 2 rings (SSSR count). The van der Waals surface area contributed by atoms with Crippen LogP contribution in [0.4, 0.5) is 0 Å². The molecule has 6 nitrogen and oxygen atoms in total. The summed E-state index contributed by atoms with van der Waals surface area (Å²) >= 11 is 0. The Morgan fingerprint density at radius 1 is 1.35 bits per heavy atom. The van der Waals surface area contributed by atoms with E-state index in [-0.39, 0.29) is 0 Å². The van der Waals surface area contributed by atoms with Crippen molar-refractivity contribution in [3.63, 3.8) is 0 Å². The fourth-order valence-corrected chi connectivity index (χ4v) is 2.16. The molecule has 2 aliphatic rings. The number of aliphatic imine (C=N–C) groups is 1. The lowest BCUT2D eigenvalue weighted by Crippen LogP contribution is -2.37. The van der Waals surface area contributed by atoms with Crippen LogP contribution >= 0.6 is 0 Å². The Hall–Kier alpha value is -0.850. The Kier molecular flexibility index (Phi) is 7.11. The normalized spacial score (nSPS) is 21.1. The lowest BCUT2D eigenvalue weighted by atomic mass is 10.3. The molecule has 1 heterocycles. The van der Waals surface area contributed by atoms with Crippen molar-refractivity contribution in [1.82, 2.24) is 10.2 Å².